The molecule has 5 rings (SSSR count). The fourth-order valence-electron chi connectivity index (χ4n) is 4.07. The minimum absolute atomic E-state index is 0.252. The number of hydrogen-bond donors (Lipinski definition) is 0. The number of tetrazole rings is 1. The van der Waals surface area contributed by atoms with Crippen molar-refractivity contribution >= 4 is 11.0 Å². The van der Waals surface area contributed by atoms with Crippen LogP contribution in [0.25, 0.3) is 11.0 Å². The summed E-state index contributed by atoms with van der Waals surface area (Å²) in [5, 5.41) is 20.7. The Morgan fingerprint density at radius 3 is 2.58 bits per heavy atom. The van der Waals surface area contributed by atoms with Gasteiger partial charge < -0.3 is 4.74 Å². The van der Waals surface area contributed by atoms with Gasteiger partial charge in [-0.05, 0) is 53.1 Å². The van der Waals surface area contributed by atoms with Crippen molar-refractivity contribution in [2.24, 2.45) is 0 Å². The van der Waals surface area contributed by atoms with E-state index in [1.54, 1.807) is 13.2 Å². The Morgan fingerprint density at radius 1 is 1.00 bits per heavy atom. The van der Waals surface area contributed by atoms with E-state index in [2.05, 4.69) is 30.7 Å². The van der Waals surface area contributed by atoms with Gasteiger partial charge in [0, 0.05) is 19.2 Å². The Kier molecular flexibility index (Phi) is 5.29. The molecule has 0 N–H and O–H groups in total. The van der Waals surface area contributed by atoms with E-state index in [9.17, 15) is 4.39 Å². The second-order valence-corrected chi connectivity index (χ2v) is 7.78. The van der Waals surface area contributed by atoms with E-state index in [1.807, 2.05) is 33.6 Å². The van der Waals surface area contributed by atoms with Gasteiger partial charge >= 0.3 is 0 Å². The minimum Gasteiger partial charge on any atom is -0.497 e. The molecule has 9 nitrogen and oxygen atoms in total. The summed E-state index contributed by atoms with van der Waals surface area (Å²) in [6.45, 7) is 3.12. The number of likely N-dealkylation sites (tertiary alicyclic amines) is 1. The van der Waals surface area contributed by atoms with Gasteiger partial charge in [-0.1, -0.05) is 17.3 Å². The van der Waals surface area contributed by atoms with Crippen molar-refractivity contribution in [1.29, 1.82) is 0 Å². The minimum atomic E-state index is -0.290. The summed E-state index contributed by atoms with van der Waals surface area (Å²) in [4.78, 5) is 2.35. The quantitative estimate of drug-likeness (QED) is 0.472. The van der Waals surface area contributed by atoms with Crippen molar-refractivity contribution in [3.8, 4) is 5.75 Å². The third-order valence-electron chi connectivity index (χ3n) is 5.80. The van der Waals surface area contributed by atoms with Crippen molar-refractivity contribution in [1.82, 2.24) is 40.1 Å². The second kappa shape index (κ2) is 8.38. The van der Waals surface area contributed by atoms with E-state index >= 15 is 0 Å². The van der Waals surface area contributed by atoms with Crippen molar-refractivity contribution in [2.75, 3.05) is 20.2 Å². The zero-order chi connectivity index (χ0) is 21.2. The zero-order valence-electron chi connectivity index (χ0n) is 17.2. The summed E-state index contributed by atoms with van der Waals surface area (Å²) in [7, 11) is 1.66. The average Bonchev–Trinajstić information content (AvgIpc) is 3.41. The molecular weight excluding hydrogens is 399 g/mol. The van der Waals surface area contributed by atoms with E-state index < -0.39 is 0 Å². The third kappa shape index (κ3) is 4.11. The maximum Gasteiger partial charge on any atom is 0.165 e. The SMILES string of the molecule is COc1ccc(Cn2nnnc2CN2CCC(n3nnc4cc(F)ccc43)CC2)cc1. The molecule has 0 atom stereocenters. The monoisotopic (exact) mass is 422 g/mol. The summed E-state index contributed by atoms with van der Waals surface area (Å²) >= 11 is 0. The van der Waals surface area contributed by atoms with Gasteiger partial charge in [0.2, 0.25) is 0 Å². The van der Waals surface area contributed by atoms with Crippen LogP contribution in [0.2, 0.25) is 0 Å². The van der Waals surface area contributed by atoms with Crippen molar-refractivity contribution in [2.45, 2.75) is 32.0 Å². The Balaban J connectivity index is 1.21. The summed E-state index contributed by atoms with van der Waals surface area (Å²) in [5.74, 6) is 1.38. The lowest BCUT2D eigenvalue weighted by Crippen LogP contribution is -2.35. The van der Waals surface area contributed by atoms with Crippen LogP contribution in [-0.2, 0) is 13.1 Å². The Bertz CT molecular complexity index is 1160. The number of fused-ring (bicyclic) bond motifs is 1. The van der Waals surface area contributed by atoms with Crippen LogP contribution in [0, 0.1) is 5.82 Å². The molecule has 3 heterocycles. The maximum absolute atomic E-state index is 13.4. The molecule has 0 saturated carbocycles. The smallest absolute Gasteiger partial charge is 0.165 e. The highest BCUT2D eigenvalue weighted by molar-refractivity contribution is 5.74. The van der Waals surface area contributed by atoms with Crippen molar-refractivity contribution in [3.05, 3.63) is 59.7 Å². The van der Waals surface area contributed by atoms with E-state index in [1.165, 1.54) is 12.1 Å². The topological polar surface area (TPSA) is 86.8 Å². The first kappa shape index (κ1) is 19.6. The van der Waals surface area contributed by atoms with Crippen molar-refractivity contribution in [3.63, 3.8) is 0 Å². The molecule has 0 spiro atoms. The van der Waals surface area contributed by atoms with Crippen LogP contribution in [0.15, 0.2) is 42.5 Å². The van der Waals surface area contributed by atoms with Crippen LogP contribution in [0.1, 0.15) is 30.3 Å². The van der Waals surface area contributed by atoms with Gasteiger partial charge in [-0.3, -0.25) is 4.90 Å². The maximum atomic E-state index is 13.4. The molecule has 2 aromatic heterocycles. The first-order valence-corrected chi connectivity index (χ1v) is 10.3. The van der Waals surface area contributed by atoms with Crippen LogP contribution in [0.4, 0.5) is 4.39 Å². The molecule has 31 heavy (non-hydrogen) atoms. The summed E-state index contributed by atoms with van der Waals surface area (Å²) in [6, 6.07) is 12.8. The first-order chi connectivity index (χ1) is 15.2. The predicted octanol–water partition coefficient (Wildman–Crippen LogP) is 2.45. The molecule has 0 amide bonds. The van der Waals surface area contributed by atoms with Crippen LogP contribution in [0.3, 0.4) is 0 Å². The van der Waals surface area contributed by atoms with Crippen LogP contribution >= 0.6 is 0 Å². The highest BCUT2D eigenvalue weighted by Gasteiger charge is 2.24. The van der Waals surface area contributed by atoms with Crippen molar-refractivity contribution < 1.29 is 9.13 Å². The summed E-state index contributed by atoms with van der Waals surface area (Å²) in [6.07, 6.45) is 1.88. The van der Waals surface area contributed by atoms with Crippen LogP contribution in [0.5, 0.6) is 5.75 Å². The number of benzene rings is 2. The molecule has 1 aliphatic rings. The van der Waals surface area contributed by atoms with Gasteiger partial charge in [0.25, 0.3) is 0 Å². The average molecular weight is 422 g/mol. The largest absolute Gasteiger partial charge is 0.497 e. The van der Waals surface area contributed by atoms with Crippen LogP contribution in [-0.4, -0.2) is 60.3 Å². The number of aromatic nitrogens is 7. The second-order valence-electron chi connectivity index (χ2n) is 7.78. The van der Waals surface area contributed by atoms with E-state index in [0.29, 0.717) is 18.6 Å². The molecular formula is C21H23FN8O. The standard InChI is InChI=1S/C21H23FN8O/c1-31-18-5-2-15(3-6-18)13-29-21(24-25-27-29)14-28-10-8-17(9-11-28)30-20-7-4-16(22)12-19(20)23-26-30/h2-7,12,17H,8-11,13-14H2,1H3. The number of hydrogen-bond acceptors (Lipinski definition) is 7. The molecule has 1 saturated heterocycles. The summed E-state index contributed by atoms with van der Waals surface area (Å²) < 4.78 is 22.4. The number of halogens is 1. The van der Waals surface area contributed by atoms with Gasteiger partial charge in [0.1, 0.15) is 17.1 Å². The van der Waals surface area contributed by atoms with E-state index in [-0.39, 0.29) is 11.9 Å². The molecule has 0 bridgehead atoms. The molecule has 2 aromatic carbocycles. The fraction of sp³-hybridized carbons (Fsp3) is 0.381. The Hall–Kier alpha value is -3.40. The highest BCUT2D eigenvalue weighted by Crippen LogP contribution is 2.26. The molecule has 0 radical (unpaired) electrons. The zero-order valence-corrected chi connectivity index (χ0v) is 17.2. The Morgan fingerprint density at radius 2 is 1.81 bits per heavy atom. The lowest BCUT2D eigenvalue weighted by Gasteiger charge is -2.31. The number of methoxy groups -OCH3 is 1. The number of ether oxygens (including phenoxy) is 1. The van der Waals surface area contributed by atoms with E-state index in [0.717, 1.165) is 48.6 Å². The third-order valence-corrected chi connectivity index (χ3v) is 5.80. The lowest BCUT2D eigenvalue weighted by molar-refractivity contribution is 0.169. The van der Waals surface area contributed by atoms with Gasteiger partial charge in [-0.15, -0.1) is 10.2 Å². The van der Waals surface area contributed by atoms with E-state index in [4.69, 9.17) is 4.74 Å². The summed E-state index contributed by atoms with van der Waals surface area (Å²) in [5.41, 5.74) is 2.59. The fourth-order valence-corrected chi connectivity index (χ4v) is 4.07. The molecule has 0 aliphatic carbocycles. The molecule has 0 unspecified atom stereocenters. The molecule has 160 valence electrons. The molecule has 1 fully saturated rings. The number of piperidine rings is 1. The van der Waals surface area contributed by atoms with Crippen LogP contribution < -0.4 is 4.74 Å². The van der Waals surface area contributed by atoms with Gasteiger partial charge in [-0.25, -0.2) is 13.8 Å². The molecule has 1 aliphatic heterocycles. The molecule has 10 heteroatoms. The predicted molar refractivity (Wildman–Crippen MR) is 111 cm³/mol. The van der Waals surface area contributed by atoms with Gasteiger partial charge in [-0.2, -0.15) is 0 Å². The number of nitrogens with zero attached hydrogens (tertiary/aromatic N) is 8. The first-order valence-electron chi connectivity index (χ1n) is 10.3. The normalized spacial score (nSPS) is 15.5. The molecule has 4 aromatic rings. The Labute approximate surface area is 178 Å². The number of rotatable bonds is 6. The highest BCUT2D eigenvalue weighted by atomic mass is 19.1. The van der Waals surface area contributed by atoms with Gasteiger partial charge in [0.05, 0.1) is 31.8 Å². The lowest BCUT2D eigenvalue weighted by atomic mass is 10.0. The van der Waals surface area contributed by atoms with Gasteiger partial charge in [0.15, 0.2) is 5.82 Å².